The highest BCUT2D eigenvalue weighted by atomic mass is 79.9. The average molecular weight is 382 g/mol. The van der Waals surface area contributed by atoms with Crippen LogP contribution in [0.3, 0.4) is 0 Å². The molecule has 1 aliphatic rings. The molecule has 20 heavy (non-hydrogen) atoms. The first-order valence-corrected chi connectivity index (χ1v) is 10.3. The van der Waals surface area contributed by atoms with Crippen LogP contribution in [0.4, 0.5) is 5.69 Å². The predicted molar refractivity (Wildman–Crippen MR) is 83.1 cm³/mol. The van der Waals surface area contributed by atoms with E-state index in [9.17, 15) is 16.8 Å². The third-order valence-corrected chi connectivity index (χ3v) is 7.57. The van der Waals surface area contributed by atoms with Gasteiger partial charge in [0, 0.05) is 4.47 Å². The Balaban J connectivity index is 2.18. The van der Waals surface area contributed by atoms with Crippen molar-refractivity contribution in [3.8, 4) is 0 Å². The van der Waals surface area contributed by atoms with E-state index >= 15 is 0 Å². The summed E-state index contributed by atoms with van der Waals surface area (Å²) in [5.74, 6) is -0.124. The molecule has 0 bridgehead atoms. The van der Waals surface area contributed by atoms with Crippen LogP contribution in [0.5, 0.6) is 0 Å². The molecule has 1 aliphatic heterocycles. The van der Waals surface area contributed by atoms with E-state index < -0.39 is 25.1 Å². The standard InChI is InChI=1S/C12H16BrNO4S2/c1-9-2-3-11(13)12(8-9)14-20(17,18)10-4-6-19(15,16)7-5-10/h2-3,8,10,14H,4-7H2,1H3. The highest BCUT2D eigenvalue weighted by Crippen LogP contribution is 2.27. The Kier molecular flexibility index (Phi) is 4.46. The Morgan fingerprint density at radius 3 is 2.45 bits per heavy atom. The molecule has 8 heteroatoms. The van der Waals surface area contributed by atoms with Gasteiger partial charge >= 0.3 is 0 Å². The lowest BCUT2D eigenvalue weighted by molar-refractivity contribution is 0.555. The Bertz CT molecular complexity index is 699. The van der Waals surface area contributed by atoms with Gasteiger partial charge in [-0.1, -0.05) is 6.07 Å². The first-order chi connectivity index (χ1) is 9.20. The molecule has 5 nitrogen and oxygen atoms in total. The van der Waals surface area contributed by atoms with Crippen LogP contribution in [0, 0.1) is 6.92 Å². The fraction of sp³-hybridized carbons (Fsp3) is 0.500. The number of anilines is 1. The zero-order valence-corrected chi connectivity index (χ0v) is 14.2. The predicted octanol–water partition coefficient (Wildman–Crippen LogP) is 2.08. The van der Waals surface area contributed by atoms with Crippen molar-refractivity contribution in [1.82, 2.24) is 0 Å². The van der Waals surface area contributed by atoms with Gasteiger partial charge in [-0.15, -0.1) is 0 Å². The molecule has 1 aromatic rings. The molecule has 0 aromatic heterocycles. The summed E-state index contributed by atoms with van der Waals surface area (Å²) in [6.45, 7) is 1.87. The molecule has 1 saturated heterocycles. The number of sulfone groups is 1. The van der Waals surface area contributed by atoms with Crippen LogP contribution < -0.4 is 4.72 Å². The minimum atomic E-state index is -3.57. The van der Waals surface area contributed by atoms with Gasteiger partial charge in [-0.3, -0.25) is 4.72 Å². The minimum Gasteiger partial charge on any atom is -0.282 e. The second kappa shape index (κ2) is 5.65. The topological polar surface area (TPSA) is 80.3 Å². The van der Waals surface area contributed by atoms with Gasteiger partial charge in [0.25, 0.3) is 0 Å². The van der Waals surface area contributed by atoms with Gasteiger partial charge in [-0.05, 0) is 53.4 Å². The molecule has 0 saturated carbocycles. The van der Waals surface area contributed by atoms with Gasteiger partial charge < -0.3 is 0 Å². The minimum absolute atomic E-state index is 0.0619. The molecule has 2 rings (SSSR count). The van der Waals surface area contributed by atoms with E-state index in [-0.39, 0.29) is 24.3 Å². The van der Waals surface area contributed by atoms with Crippen molar-refractivity contribution in [3.05, 3.63) is 28.2 Å². The molecule has 1 fully saturated rings. The maximum Gasteiger partial charge on any atom is 0.235 e. The van der Waals surface area contributed by atoms with Crippen LogP contribution in [0.1, 0.15) is 18.4 Å². The summed E-state index contributed by atoms with van der Waals surface area (Å²) in [5, 5.41) is -0.654. The molecule has 0 unspecified atom stereocenters. The number of aryl methyl sites for hydroxylation is 1. The van der Waals surface area contributed by atoms with Crippen molar-refractivity contribution in [1.29, 1.82) is 0 Å². The van der Waals surface area contributed by atoms with Crippen molar-refractivity contribution in [2.24, 2.45) is 0 Å². The van der Waals surface area contributed by atoms with E-state index in [2.05, 4.69) is 20.7 Å². The molecule has 1 aromatic carbocycles. The third-order valence-electron chi connectivity index (χ3n) is 3.31. The fourth-order valence-corrected chi connectivity index (χ4v) is 5.90. The normalized spacial score (nSPS) is 19.7. The van der Waals surface area contributed by atoms with E-state index in [4.69, 9.17) is 0 Å². The van der Waals surface area contributed by atoms with Gasteiger partial charge in [0.05, 0.1) is 22.4 Å². The molecular formula is C12H16BrNO4S2. The van der Waals surface area contributed by atoms with Crippen LogP contribution in [-0.2, 0) is 19.9 Å². The van der Waals surface area contributed by atoms with Gasteiger partial charge in [-0.2, -0.15) is 0 Å². The Morgan fingerprint density at radius 2 is 1.85 bits per heavy atom. The Labute approximate surface area is 127 Å². The van der Waals surface area contributed by atoms with Crippen LogP contribution in [0.25, 0.3) is 0 Å². The first-order valence-electron chi connectivity index (χ1n) is 6.18. The van der Waals surface area contributed by atoms with Crippen molar-refractivity contribution in [2.75, 3.05) is 16.2 Å². The zero-order valence-electron chi connectivity index (χ0n) is 11.0. The van der Waals surface area contributed by atoms with Gasteiger partial charge in [0.1, 0.15) is 9.84 Å². The number of hydrogen-bond acceptors (Lipinski definition) is 4. The summed E-state index contributed by atoms with van der Waals surface area (Å²) in [7, 11) is -6.64. The van der Waals surface area contributed by atoms with Crippen molar-refractivity contribution >= 4 is 41.5 Å². The summed E-state index contributed by atoms with van der Waals surface area (Å²) >= 11 is 3.30. The Hall–Kier alpha value is -0.600. The molecular weight excluding hydrogens is 366 g/mol. The van der Waals surface area contributed by atoms with Crippen LogP contribution in [-0.4, -0.2) is 33.6 Å². The monoisotopic (exact) mass is 381 g/mol. The average Bonchev–Trinajstić information content (AvgIpc) is 2.33. The number of hydrogen-bond donors (Lipinski definition) is 1. The SMILES string of the molecule is Cc1ccc(Br)c(NS(=O)(=O)C2CCS(=O)(=O)CC2)c1. The van der Waals surface area contributed by atoms with E-state index in [0.717, 1.165) is 5.56 Å². The van der Waals surface area contributed by atoms with Crippen molar-refractivity contribution in [2.45, 2.75) is 25.0 Å². The maximum absolute atomic E-state index is 12.3. The van der Waals surface area contributed by atoms with Crippen LogP contribution in [0.15, 0.2) is 22.7 Å². The molecule has 0 spiro atoms. The summed E-state index contributed by atoms with van der Waals surface area (Å²) in [6, 6.07) is 5.38. The fourth-order valence-electron chi connectivity index (χ4n) is 2.13. The van der Waals surface area contributed by atoms with E-state index in [1.165, 1.54) is 0 Å². The lowest BCUT2D eigenvalue weighted by Crippen LogP contribution is -2.36. The summed E-state index contributed by atoms with van der Waals surface area (Å²) in [5.41, 5.74) is 1.43. The van der Waals surface area contributed by atoms with Gasteiger partial charge in [0.15, 0.2) is 0 Å². The maximum atomic E-state index is 12.3. The second-order valence-electron chi connectivity index (χ2n) is 4.98. The summed E-state index contributed by atoms with van der Waals surface area (Å²) in [4.78, 5) is 0. The number of nitrogens with one attached hydrogen (secondary N) is 1. The quantitative estimate of drug-likeness (QED) is 0.868. The number of halogens is 1. The zero-order chi connectivity index (χ0) is 15.0. The number of rotatable bonds is 3. The molecule has 0 radical (unpaired) electrons. The van der Waals surface area contributed by atoms with Gasteiger partial charge in [-0.25, -0.2) is 16.8 Å². The molecule has 112 valence electrons. The Morgan fingerprint density at radius 1 is 1.25 bits per heavy atom. The smallest absolute Gasteiger partial charge is 0.235 e. The van der Waals surface area contributed by atoms with E-state index in [0.29, 0.717) is 10.2 Å². The molecule has 1 N–H and O–H groups in total. The van der Waals surface area contributed by atoms with Crippen molar-refractivity contribution in [3.63, 3.8) is 0 Å². The highest BCUT2D eigenvalue weighted by Gasteiger charge is 2.33. The van der Waals surface area contributed by atoms with Crippen LogP contribution in [0.2, 0.25) is 0 Å². The van der Waals surface area contributed by atoms with E-state index in [1.807, 2.05) is 13.0 Å². The number of benzene rings is 1. The molecule has 0 aliphatic carbocycles. The summed E-state index contributed by atoms with van der Waals surface area (Å²) in [6.07, 6.45) is 0.308. The van der Waals surface area contributed by atoms with E-state index in [1.54, 1.807) is 12.1 Å². The molecule has 0 amide bonds. The molecule has 1 heterocycles. The summed E-state index contributed by atoms with van der Waals surface area (Å²) < 4.78 is 50.5. The third kappa shape index (κ3) is 3.73. The van der Waals surface area contributed by atoms with Crippen molar-refractivity contribution < 1.29 is 16.8 Å². The first kappa shape index (κ1) is 15.8. The lowest BCUT2D eigenvalue weighted by atomic mass is 10.2. The van der Waals surface area contributed by atoms with Gasteiger partial charge in [0.2, 0.25) is 10.0 Å². The second-order valence-corrected chi connectivity index (χ2v) is 10.1. The lowest BCUT2D eigenvalue weighted by Gasteiger charge is -2.23. The molecule has 0 atom stereocenters. The van der Waals surface area contributed by atoms with Crippen LogP contribution >= 0.6 is 15.9 Å². The number of sulfonamides is 1. The largest absolute Gasteiger partial charge is 0.282 e. The highest BCUT2D eigenvalue weighted by molar-refractivity contribution is 9.10.